The molecule has 0 atom stereocenters. The van der Waals surface area contributed by atoms with Crippen LogP contribution in [0.4, 0.5) is 0 Å². The molecule has 1 saturated carbocycles. The van der Waals surface area contributed by atoms with Crippen molar-refractivity contribution >= 4 is 29.1 Å². The van der Waals surface area contributed by atoms with Crippen molar-refractivity contribution in [3.8, 4) is 0 Å². The van der Waals surface area contributed by atoms with Crippen LogP contribution in [0.15, 0.2) is 36.7 Å². The lowest BCUT2D eigenvalue weighted by Gasteiger charge is -2.42. The second-order valence-electron chi connectivity index (χ2n) is 5.12. The lowest BCUT2D eigenvalue weighted by Crippen LogP contribution is -2.51. The Morgan fingerprint density at radius 1 is 1.10 bits per heavy atom. The molecule has 0 bridgehead atoms. The molecule has 0 radical (unpaired) electrons. The van der Waals surface area contributed by atoms with Gasteiger partial charge in [0.15, 0.2) is 0 Å². The maximum atomic E-state index is 12.4. The number of carbonyl (C=O) groups is 1. The third-order valence-corrected chi connectivity index (χ3v) is 4.21. The quantitative estimate of drug-likeness (QED) is 0.879. The van der Waals surface area contributed by atoms with Gasteiger partial charge < -0.3 is 5.32 Å². The standard InChI is InChI=1S/C15H13Cl2N3O/c16-11-3-4-12(18-9-11)15(6-1-7-15)20-14(21)10-2-5-13(17)19-8-10/h2-5,8-9H,1,6-7H2,(H,20,21). The molecule has 1 aliphatic carbocycles. The van der Waals surface area contributed by atoms with Crippen molar-refractivity contribution in [2.75, 3.05) is 0 Å². The van der Waals surface area contributed by atoms with Crippen LogP contribution in [-0.4, -0.2) is 15.9 Å². The summed E-state index contributed by atoms with van der Waals surface area (Å²) in [4.78, 5) is 20.6. The predicted molar refractivity (Wildman–Crippen MR) is 81.5 cm³/mol. The molecule has 0 saturated heterocycles. The zero-order valence-corrected chi connectivity index (χ0v) is 12.7. The number of rotatable bonds is 3. The van der Waals surface area contributed by atoms with Gasteiger partial charge >= 0.3 is 0 Å². The predicted octanol–water partition coefficient (Wildman–Crippen LogP) is 3.59. The second-order valence-corrected chi connectivity index (χ2v) is 5.94. The number of hydrogen-bond acceptors (Lipinski definition) is 3. The van der Waals surface area contributed by atoms with Gasteiger partial charge in [0, 0.05) is 12.4 Å². The summed E-state index contributed by atoms with van der Waals surface area (Å²) in [7, 11) is 0. The summed E-state index contributed by atoms with van der Waals surface area (Å²) < 4.78 is 0. The van der Waals surface area contributed by atoms with E-state index in [0.717, 1.165) is 25.0 Å². The van der Waals surface area contributed by atoms with E-state index in [9.17, 15) is 4.79 Å². The van der Waals surface area contributed by atoms with Crippen LogP contribution < -0.4 is 5.32 Å². The van der Waals surface area contributed by atoms with Crippen molar-refractivity contribution in [2.45, 2.75) is 24.8 Å². The van der Waals surface area contributed by atoms with E-state index in [1.54, 1.807) is 24.4 Å². The van der Waals surface area contributed by atoms with Gasteiger partial charge in [-0.15, -0.1) is 0 Å². The van der Waals surface area contributed by atoms with Crippen LogP contribution in [0.3, 0.4) is 0 Å². The number of carbonyl (C=O) groups excluding carboxylic acids is 1. The van der Waals surface area contributed by atoms with Gasteiger partial charge in [-0.2, -0.15) is 0 Å². The highest BCUT2D eigenvalue weighted by molar-refractivity contribution is 6.30. The van der Waals surface area contributed by atoms with Gasteiger partial charge in [0.05, 0.1) is 21.8 Å². The minimum absolute atomic E-state index is 0.171. The van der Waals surface area contributed by atoms with E-state index >= 15 is 0 Å². The molecule has 0 unspecified atom stereocenters. The number of aromatic nitrogens is 2. The molecule has 1 amide bonds. The fourth-order valence-corrected chi connectivity index (χ4v) is 2.66. The van der Waals surface area contributed by atoms with E-state index in [1.807, 2.05) is 6.07 Å². The van der Waals surface area contributed by atoms with Gasteiger partial charge in [0.2, 0.25) is 0 Å². The summed E-state index contributed by atoms with van der Waals surface area (Å²) in [5.74, 6) is -0.171. The van der Waals surface area contributed by atoms with Crippen molar-refractivity contribution in [1.82, 2.24) is 15.3 Å². The minimum atomic E-state index is -0.401. The summed E-state index contributed by atoms with van der Waals surface area (Å²) >= 11 is 11.6. The van der Waals surface area contributed by atoms with Crippen LogP contribution in [0.2, 0.25) is 10.2 Å². The molecule has 2 heterocycles. The average Bonchev–Trinajstić information content (AvgIpc) is 2.44. The molecule has 0 aromatic carbocycles. The van der Waals surface area contributed by atoms with E-state index in [0.29, 0.717) is 15.7 Å². The van der Waals surface area contributed by atoms with E-state index < -0.39 is 5.54 Å². The second kappa shape index (κ2) is 5.62. The number of hydrogen-bond donors (Lipinski definition) is 1. The molecule has 1 fully saturated rings. The van der Waals surface area contributed by atoms with E-state index in [-0.39, 0.29) is 5.91 Å². The molecule has 6 heteroatoms. The summed E-state index contributed by atoms with van der Waals surface area (Å²) in [6.45, 7) is 0. The number of halogens is 2. The Morgan fingerprint density at radius 3 is 2.43 bits per heavy atom. The Hall–Kier alpha value is -1.65. The van der Waals surface area contributed by atoms with Crippen molar-refractivity contribution in [3.05, 3.63) is 58.1 Å². The molecule has 4 nitrogen and oxygen atoms in total. The van der Waals surface area contributed by atoms with Crippen molar-refractivity contribution in [1.29, 1.82) is 0 Å². The molecule has 1 aliphatic rings. The van der Waals surface area contributed by atoms with Crippen molar-refractivity contribution in [3.63, 3.8) is 0 Å². The molecule has 108 valence electrons. The highest BCUT2D eigenvalue weighted by atomic mass is 35.5. The van der Waals surface area contributed by atoms with Gasteiger partial charge in [-0.25, -0.2) is 4.98 Å². The molecule has 0 spiro atoms. The monoisotopic (exact) mass is 321 g/mol. The largest absolute Gasteiger partial charge is 0.341 e. The van der Waals surface area contributed by atoms with Crippen LogP contribution in [0.5, 0.6) is 0 Å². The SMILES string of the molecule is O=C(NC1(c2ccc(Cl)cn2)CCC1)c1ccc(Cl)nc1. The van der Waals surface area contributed by atoms with Crippen LogP contribution in [0.1, 0.15) is 35.3 Å². The first kappa shape index (κ1) is 14.3. The van der Waals surface area contributed by atoms with Gasteiger partial charge in [0.25, 0.3) is 5.91 Å². The summed E-state index contributed by atoms with van der Waals surface area (Å²) in [6, 6.07) is 6.92. The first-order chi connectivity index (χ1) is 10.1. The Morgan fingerprint density at radius 2 is 1.90 bits per heavy atom. The zero-order valence-electron chi connectivity index (χ0n) is 11.1. The van der Waals surface area contributed by atoms with Crippen molar-refractivity contribution < 1.29 is 4.79 Å². The van der Waals surface area contributed by atoms with Crippen LogP contribution in [0.25, 0.3) is 0 Å². The maximum absolute atomic E-state index is 12.4. The van der Waals surface area contributed by atoms with E-state index in [2.05, 4.69) is 15.3 Å². The molecule has 2 aromatic heterocycles. The first-order valence-electron chi connectivity index (χ1n) is 6.65. The average molecular weight is 322 g/mol. The maximum Gasteiger partial charge on any atom is 0.253 e. The lowest BCUT2D eigenvalue weighted by molar-refractivity contribution is 0.0816. The highest BCUT2D eigenvalue weighted by Gasteiger charge is 2.41. The van der Waals surface area contributed by atoms with Crippen molar-refractivity contribution in [2.24, 2.45) is 0 Å². The minimum Gasteiger partial charge on any atom is -0.341 e. The fraction of sp³-hybridized carbons (Fsp3) is 0.267. The van der Waals surface area contributed by atoms with Crippen LogP contribution >= 0.6 is 23.2 Å². The van der Waals surface area contributed by atoms with Gasteiger partial charge in [-0.1, -0.05) is 23.2 Å². The molecule has 0 aliphatic heterocycles. The Labute approximate surface area is 132 Å². The van der Waals surface area contributed by atoms with E-state index in [4.69, 9.17) is 23.2 Å². The van der Waals surface area contributed by atoms with E-state index in [1.165, 1.54) is 6.20 Å². The molecular formula is C15H13Cl2N3O. The molecule has 2 aromatic rings. The smallest absolute Gasteiger partial charge is 0.253 e. The third kappa shape index (κ3) is 2.87. The zero-order chi connectivity index (χ0) is 14.9. The molecular weight excluding hydrogens is 309 g/mol. The number of nitrogens with zero attached hydrogens (tertiary/aromatic N) is 2. The Balaban J connectivity index is 1.82. The Bertz CT molecular complexity index is 652. The third-order valence-electron chi connectivity index (χ3n) is 3.77. The summed E-state index contributed by atoms with van der Waals surface area (Å²) in [6.07, 6.45) is 5.87. The molecule has 3 rings (SSSR count). The summed E-state index contributed by atoms with van der Waals surface area (Å²) in [5.41, 5.74) is 0.925. The highest BCUT2D eigenvalue weighted by Crippen LogP contribution is 2.40. The number of nitrogens with one attached hydrogen (secondary N) is 1. The number of amides is 1. The Kier molecular flexibility index (Phi) is 3.83. The fourth-order valence-electron chi connectivity index (χ4n) is 2.43. The van der Waals surface area contributed by atoms with Gasteiger partial charge in [-0.05, 0) is 43.5 Å². The lowest BCUT2D eigenvalue weighted by atomic mass is 9.74. The van der Waals surface area contributed by atoms with Gasteiger partial charge in [0.1, 0.15) is 5.15 Å². The molecule has 1 N–H and O–H groups in total. The first-order valence-corrected chi connectivity index (χ1v) is 7.41. The van der Waals surface area contributed by atoms with Crippen LogP contribution in [-0.2, 0) is 5.54 Å². The number of pyridine rings is 2. The van der Waals surface area contributed by atoms with Gasteiger partial charge in [-0.3, -0.25) is 9.78 Å². The summed E-state index contributed by atoms with van der Waals surface area (Å²) in [5, 5.41) is 4.02. The normalized spacial score (nSPS) is 16.1. The topological polar surface area (TPSA) is 54.9 Å². The van der Waals surface area contributed by atoms with Crippen LogP contribution in [0, 0.1) is 0 Å². The molecule has 21 heavy (non-hydrogen) atoms.